The van der Waals surface area contributed by atoms with Gasteiger partial charge in [0.2, 0.25) is 0 Å². The van der Waals surface area contributed by atoms with Crippen LogP contribution in [-0.2, 0) is 32.7 Å². The van der Waals surface area contributed by atoms with E-state index < -0.39 is 32.5 Å². The van der Waals surface area contributed by atoms with Gasteiger partial charge in [-0.25, -0.2) is 0 Å². The van der Waals surface area contributed by atoms with Crippen LogP contribution in [0.2, 0.25) is 0 Å². The number of hydrogen-bond acceptors (Lipinski definition) is 8. The summed E-state index contributed by atoms with van der Waals surface area (Å²) in [6.45, 7) is 4.08. The Bertz CT molecular complexity index is 1580. The lowest BCUT2D eigenvalue weighted by Gasteiger charge is -2.28. The number of hydrogen-bond donors (Lipinski definition) is 0. The van der Waals surface area contributed by atoms with E-state index in [4.69, 9.17) is 18.5 Å². The first-order valence-electron chi connectivity index (χ1n) is 28.6. The Kier molecular flexibility index (Phi) is 50.1. The van der Waals surface area contributed by atoms with Gasteiger partial charge in [0.05, 0.1) is 27.7 Å². The number of quaternary nitrogens is 1. The molecule has 72 heavy (non-hydrogen) atoms. The molecule has 0 radical (unpaired) electrons. The van der Waals surface area contributed by atoms with E-state index in [1.807, 2.05) is 21.1 Å². The molecule has 0 aliphatic carbocycles. The van der Waals surface area contributed by atoms with Crippen LogP contribution in [0.4, 0.5) is 0 Å². The monoisotopic (exact) mass is 1020 g/mol. The van der Waals surface area contributed by atoms with Gasteiger partial charge in [0.15, 0.2) is 6.10 Å². The van der Waals surface area contributed by atoms with E-state index in [1.54, 1.807) is 0 Å². The molecule has 412 valence electrons. The molecule has 0 N–H and O–H groups in total. The van der Waals surface area contributed by atoms with Gasteiger partial charge < -0.3 is 27.9 Å². The first kappa shape index (κ1) is 68.7. The Morgan fingerprint density at radius 1 is 0.444 bits per heavy atom. The minimum atomic E-state index is -4.64. The maximum absolute atomic E-state index is 12.8. The van der Waals surface area contributed by atoms with Gasteiger partial charge in [-0.2, -0.15) is 0 Å². The van der Waals surface area contributed by atoms with Crippen LogP contribution >= 0.6 is 7.82 Å². The van der Waals surface area contributed by atoms with Crippen molar-refractivity contribution in [3.63, 3.8) is 0 Å². The van der Waals surface area contributed by atoms with Crippen LogP contribution in [0, 0.1) is 0 Å². The number of unbranched alkanes of at least 4 members (excludes halogenated alkanes) is 19. The summed E-state index contributed by atoms with van der Waals surface area (Å²) < 4.78 is 34.1. The van der Waals surface area contributed by atoms with Gasteiger partial charge in [-0.1, -0.05) is 213 Å². The van der Waals surface area contributed by atoms with E-state index in [2.05, 4.69) is 123 Å². The number of phosphoric acid groups is 1. The van der Waals surface area contributed by atoms with Crippen LogP contribution < -0.4 is 4.89 Å². The molecular weight excluding hydrogens is 918 g/mol. The second-order valence-electron chi connectivity index (χ2n) is 19.9. The highest BCUT2D eigenvalue weighted by Gasteiger charge is 2.21. The lowest BCUT2D eigenvalue weighted by atomic mass is 10.0. The summed E-state index contributed by atoms with van der Waals surface area (Å²) in [7, 11) is 1.15. The number of esters is 2. The SMILES string of the molecule is CC/C=C\C/C=C\C/C=C\C/C=C\C/C=C\C/C=C\C/C=C\C/C=C\CCCCCCCCCCCCC(=O)OC(COC(=O)CCCCCCC/C=C\CCCCCC)COP(=O)([O-])OCC[N+](C)(C)C. The molecule has 2 unspecified atom stereocenters. The van der Waals surface area contributed by atoms with Crippen molar-refractivity contribution in [2.24, 2.45) is 0 Å². The van der Waals surface area contributed by atoms with Crippen molar-refractivity contribution in [1.82, 2.24) is 0 Å². The largest absolute Gasteiger partial charge is 0.756 e. The molecule has 0 aliphatic heterocycles. The summed E-state index contributed by atoms with van der Waals surface area (Å²) in [6.07, 6.45) is 72.8. The zero-order valence-electron chi connectivity index (χ0n) is 46.6. The summed E-state index contributed by atoms with van der Waals surface area (Å²) in [6, 6.07) is 0. The van der Waals surface area contributed by atoms with E-state index in [1.165, 1.54) is 70.6 Å². The summed E-state index contributed by atoms with van der Waals surface area (Å²) in [5, 5.41) is 0. The summed E-state index contributed by atoms with van der Waals surface area (Å²) >= 11 is 0. The highest BCUT2D eigenvalue weighted by molar-refractivity contribution is 7.45. The van der Waals surface area contributed by atoms with Crippen LogP contribution in [0.25, 0.3) is 0 Å². The number of likely N-dealkylation sites (N-methyl/N-ethyl adjacent to an activating group) is 1. The fraction of sp³-hybridized carbons (Fsp3) is 0.677. The van der Waals surface area contributed by atoms with Gasteiger partial charge in [0, 0.05) is 12.8 Å². The number of carbonyl (C=O) groups excluding carboxylic acids is 2. The molecule has 0 saturated carbocycles. The number of ether oxygens (including phenoxy) is 2. The van der Waals surface area contributed by atoms with Gasteiger partial charge >= 0.3 is 11.9 Å². The van der Waals surface area contributed by atoms with Crippen molar-refractivity contribution in [1.29, 1.82) is 0 Å². The third-order valence-electron chi connectivity index (χ3n) is 11.8. The first-order valence-corrected chi connectivity index (χ1v) is 30.1. The molecule has 0 spiro atoms. The van der Waals surface area contributed by atoms with Crippen molar-refractivity contribution >= 4 is 19.8 Å². The molecule has 10 heteroatoms. The molecule has 0 amide bonds. The lowest BCUT2D eigenvalue weighted by molar-refractivity contribution is -0.870. The molecule has 0 aromatic heterocycles. The topological polar surface area (TPSA) is 111 Å². The highest BCUT2D eigenvalue weighted by atomic mass is 31.2. The van der Waals surface area contributed by atoms with E-state index >= 15 is 0 Å². The fourth-order valence-electron chi connectivity index (χ4n) is 7.37. The average Bonchev–Trinajstić information content (AvgIpc) is 3.34. The third-order valence-corrected chi connectivity index (χ3v) is 12.7. The fourth-order valence-corrected chi connectivity index (χ4v) is 8.10. The van der Waals surface area contributed by atoms with Crippen molar-refractivity contribution in [3.8, 4) is 0 Å². The van der Waals surface area contributed by atoms with Crippen LogP contribution in [0.1, 0.15) is 219 Å². The molecule has 0 fully saturated rings. The molecule has 0 heterocycles. The number of nitrogens with zero attached hydrogens (tertiary/aromatic N) is 1. The third kappa shape index (κ3) is 56.0. The number of phosphoric ester groups is 1. The van der Waals surface area contributed by atoms with Crippen LogP contribution in [0.15, 0.2) is 109 Å². The highest BCUT2D eigenvalue weighted by Crippen LogP contribution is 2.38. The zero-order valence-corrected chi connectivity index (χ0v) is 47.5. The Hall–Kier alpha value is -3.33. The van der Waals surface area contributed by atoms with E-state index in [-0.39, 0.29) is 26.1 Å². The predicted molar refractivity (Wildman–Crippen MR) is 305 cm³/mol. The number of rotatable bonds is 51. The van der Waals surface area contributed by atoms with Crippen molar-refractivity contribution < 1.29 is 42.1 Å². The zero-order chi connectivity index (χ0) is 52.7. The molecule has 0 aliphatic rings. The van der Waals surface area contributed by atoms with Crippen LogP contribution in [0.5, 0.6) is 0 Å². The first-order chi connectivity index (χ1) is 35.0. The van der Waals surface area contributed by atoms with Crippen molar-refractivity contribution in [3.05, 3.63) is 109 Å². The van der Waals surface area contributed by atoms with Gasteiger partial charge in [0.25, 0.3) is 7.82 Å². The second-order valence-corrected chi connectivity index (χ2v) is 21.3. The van der Waals surface area contributed by atoms with Gasteiger partial charge in [0.1, 0.15) is 19.8 Å². The van der Waals surface area contributed by atoms with Gasteiger partial charge in [-0.15, -0.1) is 0 Å². The maximum Gasteiger partial charge on any atom is 0.306 e. The maximum atomic E-state index is 12.8. The molecule has 2 atom stereocenters. The molecule has 0 rings (SSSR count). The predicted octanol–water partition coefficient (Wildman–Crippen LogP) is 17.2. The molecule has 9 nitrogen and oxygen atoms in total. The Labute approximate surface area is 442 Å². The van der Waals surface area contributed by atoms with E-state index in [0.29, 0.717) is 23.9 Å². The van der Waals surface area contributed by atoms with Gasteiger partial charge in [-0.3, -0.25) is 14.2 Å². The summed E-state index contributed by atoms with van der Waals surface area (Å²) in [5.74, 6) is -0.854. The average molecular weight is 1020 g/mol. The normalized spacial score (nSPS) is 14.1. The molecular formula is C62H106NO8P. The van der Waals surface area contributed by atoms with E-state index in [0.717, 1.165) is 109 Å². The number of allylic oxidation sites excluding steroid dienone is 18. The number of carbonyl (C=O) groups is 2. The van der Waals surface area contributed by atoms with Crippen LogP contribution in [-0.4, -0.2) is 70.0 Å². The van der Waals surface area contributed by atoms with Crippen LogP contribution in [0.3, 0.4) is 0 Å². The van der Waals surface area contributed by atoms with Gasteiger partial charge in [-0.05, 0) is 103 Å². The Morgan fingerprint density at radius 3 is 1.19 bits per heavy atom. The standard InChI is InChI=1S/C62H106NO8P/c1-6-8-10-12-14-16-18-20-21-22-23-24-25-26-27-28-29-30-31-32-33-34-35-36-37-38-39-40-41-43-45-47-49-51-53-55-62(65)71-60(59-70-72(66,67)69-57-56-63(3,4)5)58-68-61(64)54-52-50-48-46-44-42-19-17-15-13-11-9-7-2/h8,10,14,16-17,19-21,23-24,26-27,29-30,32-33,35-36,60H,6-7,9,11-13,15,18,22,25,28,31,34,37-59H2,1-5H3/b10-8-,16-14-,19-17-,21-20-,24-23-,27-26-,30-29-,33-32-,36-35-. The lowest BCUT2D eigenvalue weighted by Crippen LogP contribution is -2.37. The minimum absolute atomic E-state index is 0.0375. The molecule has 0 aromatic carbocycles. The van der Waals surface area contributed by atoms with Crippen molar-refractivity contribution in [2.75, 3.05) is 47.5 Å². The Balaban J connectivity index is 4.13. The Morgan fingerprint density at radius 2 is 0.792 bits per heavy atom. The summed E-state index contributed by atoms with van der Waals surface area (Å²) in [5.41, 5.74) is 0. The molecule has 0 saturated heterocycles. The molecule has 0 aromatic rings. The summed E-state index contributed by atoms with van der Waals surface area (Å²) in [4.78, 5) is 37.7. The smallest absolute Gasteiger partial charge is 0.306 e. The molecule has 0 bridgehead atoms. The quantitative estimate of drug-likeness (QED) is 0.0195. The minimum Gasteiger partial charge on any atom is -0.756 e. The van der Waals surface area contributed by atoms with E-state index in [9.17, 15) is 19.0 Å². The second kappa shape index (κ2) is 52.5. The van der Waals surface area contributed by atoms with Crippen molar-refractivity contribution in [2.45, 2.75) is 225 Å².